The summed E-state index contributed by atoms with van der Waals surface area (Å²) in [6.45, 7) is 27.7. The maximum atomic E-state index is 2.63. The Morgan fingerprint density at radius 2 is 0.682 bits per heavy atom. The molecule has 3 heteroatoms. The van der Waals surface area contributed by atoms with Crippen molar-refractivity contribution in [1.29, 1.82) is 0 Å². The summed E-state index contributed by atoms with van der Waals surface area (Å²) in [5.74, 6) is 0. The van der Waals surface area contributed by atoms with Gasteiger partial charge in [-0.1, -0.05) is 0 Å². The third kappa shape index (κ3) is 7.94. The van der Waals surface area contributed by atoms with Gasteiger partial charge in [0, 0.05) is 56.4 Å². The van der Waals surface area contributed by atoms with E-state index in [-0.39, 0.29) is 0 Å². The maximum absolute atomic E-state index is 2.63. The molecular weight excluding hydrogens is 270 g/mol. The summed E-state index contributed by atoms with van der Waals surface area (Å²) in [4.78, 5) is 7.82. The lowest BCUT2D eigenvalue weighted by atomic mass is 10.2. The predicted octanol–water partition coefficient (Wildman–Crippen LogP) is 3.93. The Bertz CT molecular complexity index is 232. The average molecular weight is 314 g/mol. The Labute approximate surface area is 141 Å². The molecule has 0 bridgehead atoms. The van der Waals surface area contributed by atoms with Crippen molar-refractivity contribution in [2.75, 3.05) is 26.2 Å². The summed E-state index contributed by atoms with van der Waals surface area (Å²) in [6.07, 6.45) is 0. The first-order valence-corrected chi connectivity index (χ1v) is 9.33. The normalized spacial score (nSPS) is 13.4. The lowest BCUT2D eigenvalue weighted by molar-refractivity contribution is 0.103. The molecule has 0 aromatic heterocycles. The Morgan fingerprint density at radius 3 is 0.864 bits per heavy atom. The highest BCUT2D eigenvalue weighted by molar-refractivity contribution is 4.74. The van der Waals surface area contributed by atoms with Gasteiger partial charge in [0.1, 0.15) is 0 Å². The van der Waals surface area contributed by atoms with E-state index in [4.69, 9.17) is 0 Å². The first-order chi connectivity index (χ1) is 10.1. The molecule has 0 rings (SSSR count). The van der Waals surface area contributed by atoms with Crippen molar-refractivity contribution in [1.82, 2.24) is 14.7 Å². The van der Waals surface area contributed by atoms with Crippen LogP contribution in [0, 0.1) is 0 Å². The molecule has 0 aliphatic heterocycles. The standard InChI is InChI=1S/C19H43N3/c1-15(2)20(11-13-21(16(3)4)17(5)6)12-14-22(18(7)8)19(9)10/h15-19H,11-14H2,1-10H3. The summed E-state index contributed by atoms with van der Waals surface area (Å²) < 4.78 is 0. The fourth-order valence-corrected chi connectivity index (χ4v) is 3.34. The number of hydrogen-bond acceptors (Lipinski definition) is 3. The van der Waals surface area contributed by atoms with Gasteiger partial charge in [-0.05, 0) is 69.2 Å². The molecule has 0 aromatic carbocycles. The van der Waals surface area contributed by atoms with Crippen molar-refractivity contribution in [3.05, 3.63) is 0 Å². The molecule has 0 atom stereocenters. The SMILES string of the molecule is CC(C)N(CCN(C(C)C)C(C)C)CCN(C(C)C)C(C)C. The molecule has 0 aliphatic carbocycles. The highest BCUT2D eigenvalue weighted by Crippen LogP contribution is 2.09. The van der Waals surface area contributed by atoms with Crippen LogP contribution < -0.4 is 0 Å². The van der Waals surface area contributed by atoms with Crippen LogP contribution in [0.5, 0.6) is 0 Å². The minimum Gasteiger partial charge on any atom is -0.298 e. The summed E-state index contributed by atoms with van der Waals surface area (Å²) in [5.41, 5.74) is 0. The van der Waals surface area contributed by atoms with E-state index in [2.05, 4.69) is 83.9 Å². The van der Waals surface area contributed by atoms with Crippen LogP contribution in [0.1, 0.15) is 69.2 Å². The third-order valence-corrected chi connectivity index (χ3v) is 4.67. The van der Waals surface area contributed by atoms with E-state index in [1.807, 2.05) is 0 Å². The van der Waals surface area contributed by atoms with Crippen LogP contribution >= 0.6 is 0 Å². The Balaban J connectivity index is 4.55. The van der Waals surface area contributed by atoms with Crippen LogP contribution in [0.3, 0.4) is 0 Å². The summed E-state index contributed by atoms with van der Waals surface area (Å²) >= 11 is 0. The highest BCUT2D eigenvalue weighted by Gasteiger charge is 2.19. The summed E-state index contributed by atoms with van der Waals surface area (Å²) in [5, 5.41) is 0. The first-order valence-electron chi connectivity index (χ1n) is 9.33. The summed E-state index contributed by atoms with van der Waals surface area (Å²) in [7, 11) is 0. The van der Waals surface area contributed by atoms with Crippen LogP contribution in [0.15, 0.2) is 0 Å². The van der Waals surface area contributed by atoms with Gasteiger partial charge in [-0.15, -0.1) is 0 Å². The molecule has 0 aromatic rings. The van der Waals surface area contributed by atoms with Crippen LogP contribution in [-0.4, -0.2) is 71.1 Å². The van der Waals surface area contributed by atoms with Crippen molar-refractivity contribution >= 4 is 0 Å². The molecule has 0 amide bonds. The molecule has 3 nitrogen and oxygen atoms in total. The highest BCUT2D eigenvalue weighted by atomic mass is 15.3. The van der Waals surface area contributed by atoms with Crippen molar-refractivity contribution in [3.8, 4) is 0 Å². The van der Waals surface area contributed by atoms with Crippen LogP contribution in [0.25, 0.3) is 0 Å². The van der Waals surface area contributed by atoms with Crippen LogP contribution in [0.4, 0.5) is 0 Å². The van der Waals surface area contributed by atoms with Gasteiger partial charge >= 0.3 is 0 Å². The van der Waals surface area contributed by atoms with Crippen molar-refractivity contribution in [2.45, 2.75) is 99.4 Å². The second-order valence-corrected chi connectivity index (χ2v) is 7.98. The van der Waals surface area contributed by atoms with E-state index in [1.165, 1.54) is 0 Å². The number of hydrogen-bond donors (Lipinski definition) is 0. The number of nitrogens with zero attached hydrogens (tertiary/aromatic N) is 3. The van der Waals surface area contributed by atoms with Gasteiger partial charge in [-0.2, -0.15) is 0 Å². The minimum atomic E-state index is 0.613. The molecule has 22 heavy (non-hydrogen) atoms. The molecule has 0 fully saturated rings. The largest absolute Gasteiger partial charge is 0.298 e. The molecule has 0 spiro atoms. The van der Waals surface area contributed by atoms with Crippen LogP contribution in [-0.2, 0) is 0 Å². The van der Waals surface area contributed by atoms with Gasteiger partial charge in [0.05, 0.1) is 0 Å². The Kier molecular flexibility index (Phi) is 10.6. The topological polar surface area (TPSA) is 9.72 Å². The average Bonchev–Trinajstić information content (AvgIpc) is 2.34. The van der Waals surface area contributed by atoms with Crippen LogP contribution in [0.2, 0.25) is 0 Å². The smallest absolute Gasteiger partial charge is 0.0115 e. The lowest BCUT2D eigenvalue weighted by Gasteiger charge is -2.37. The van der Waals surface area contributed by atoms with E-state index in [0.29, 0.717) is 30.2 Å². The van der Waals surface area contributed by atoms with Crippen molar-refractivity contribution in [2.24, 2.45) is 0 Å². The van der Waals surface area contributed by atoms with Crippen molar-refractivity contribution < 1.29 is 0 Å². The van der Waals surface area contributed by atoms with E-state index >= 15 is 0 Å². The lowest BCUT2D eigenvalue weighted by Crippen LogP contribution is -2.48. The quantitative estimate of drug-likeness (QED) is 0.572. The fourth-order valence-electron chi connectivity index (χ4n) is 3.34. The predicted molar refractivity (Wildman–Crippen MR) is 101 cm³/mol. The van der Waals surface area contributed by atoms with Gasteiger partial charge in [-0.3, -0.25) is 14.7 Å². The van der Waals surface area contributed by atoms with Gasteiger partial charge in [0.25, 0.3) is 0 Å². The molecule has 0 unspecified atom stereocenters. The zero-order chi connectivity index (χ0) is 17.4. The maximum Gasteiger partial charge on any atom is 0.0115 e. The van der Waals surface area contributed by atoms with Gasteiger partial charge < -0.3 is 0 Å². The molecule has 134 valence electrons. The second kappa shape index (κ2) is 10.6. The van der Waals surface area contributed by atoms with E-state index in [9.17, 15) is 0 Å². The molecule has 0 radical (unpaired) electrons. The monoisotopic (exact) mass is 313 g/mol. The molecule has 0 aliphatic rings. The fraction of sp³-hybridized carbons (Fsp3) is 1.00. The zero-order valence-electron chi connectivity index (χ0n) is 17.1. The molecular formula is C19H43N3. The summed E-state index contributed by atoms with van der Waals surface area (Å²) in [6, 6.07) is 3.10. The van der Waals surface area contributed by atoms with E-state index in [1.54, 1.807) is 0 Å². The Hall–Kier alpha value is -0.120. The first kappa shape index (κ1) is 21.9. The number of rotatable bonds is 11. The van der Waals surface area contributed by atoms with Gasteiger partial charge in [0.15, 0.2) is 0 Å². The second-order valence-electron chi connectivity index (χ2n) is 7.98. The molecule has 0 heterocycles. The third-order valence-electron chi connectivity index (χ3n) is 4.67. The van der Waals surface area contributed by atoms with Gasteiger partial charge in [-0.25, -0.2) is 0 Å². The van der Waals surface area contributed by atoms with E-state index in [0.717, 1.165) is 26.2 Å². The minimum absolute atomic E-state index is 0.613. The zero-order valence-corrected chi connectivity index (χ0v) is 17.1. The molecule has 0 saturated carbocycles. The van der Waals surface area contributed by atoms with E-state index < -0.39 is 0 Å². The molecule has 0 N–H and O–H groups in total. The van der Waals surface area contributed by atoms with Crippen molar-refractivity contribution in [3.63, 3.8) is 0 Å². The molecule has 0 saturated heterocycles. The van der Waals surface area contributed by atoms with Gasteiger partial charge in [0.2, 0.25) is 0 Å². The Morgan fingerprint density at radius 1 is 0.409 bits per heavy atom.